The van der Waals surface area contributed by atoms with Gasteiger partial charge < -0.3 is 9.84 Å². The van der Waals surface area contributed by atoms with Crippen LogP contribution in [0.3, 0.4) is 0 Å². The average Bonchev–Trinajstić information content (AvgIpc) is 2.69. The fourth-order valence-corrected chi connectivity index (χ4v) is 2.70. The molecule has 0 heterocycles. The van der Waals surface area contributed by atoms with E-state index in [0.29, 0.717) is 28.1 Å². The van der Waals surface area contributed by atoms with Gasteiger partial charge in [-0.2, -0.15) is 5.10 Å². The molecule has 2 N–H and O–H groups in total. The summed E-state index contributed by atoms with van der Waals surface area (Å²) in [6.45, 7) is 0.359. The number of carbonyl (C=O) groups is 1. The molecule has 0 saturated carbocycles. The monoisotopic (exact) mass is 414 g/mol. The number of carboxylic acid groups (broad SMARTS) is 1. The van der Waals surface area contributed by atoms with Crippen LogP contribution in [0.15, 0.2) is 71.8 Å². The van der Waals surface area contributed by atoms with Gasteiger partial charge in [-0.25, -0.2) is 4.79 Å². The molecule has 0 bridgehead atoms. The molecular formula is C21H16Cl2N2O3. The second-order valence-electron chi connectivity index (χ2n) is 5.87. The number of hydrazone groups is 1. The van der Waals surface area contributed by atoms with Crippen molar-refractivity contribution in [2.45, 2.75) is 6.61 Å². The fraction of sp³-hybridized carbons (Fsp3) is 0.0476. The van der Waals surface area contributed by atoms with Gasteiger partial charge in [0, 0.05) is 0 Å². The normalized spacial score (nSPS) is 10.8. The van der Waals surface area contributed by atoms with E-state index in [-0.39, 0.29) is 5.56 Å². The lowest BCUT2D eigenvalue weighted by atomic mass is 10.2. The molecule has 0 aliphatic heterocycles. The van der Waals surface area contributed by atoms with Gasteiger partial charge in [0.2, 0.25) is 0 Å². The van der Waals surface area contributed by atoms with E-state index in [0.717, 1.165) is 11.1 Å². The Morgan fingerprint density at radius 2 is 1.86 bits per heavy atom. The number of benzene rings is 3. The molecule has 0 aliphatic rings. The molecule has 3 aromatic rings. The zero-order chi connectivity index (χ0) is 19.9. The Labute approximate surface area is 172 Å². The molecule has 0 fully saturated rings. The molecule has 0 saturated heterocycles. The quantitative estimate of drug-likeness (QED) is 0.383. The van der Waals surface area contributed by atoms with Crippen molar-refractivity contribution < 1.29 is 14.6 Å². The van der Waals surface area contributed by atoms with E-state index < -0.39 is 5.97 Å². The Morgan fingerprint density at radius 1 is 1.04 bits per heavy atom. The first-order chi connectivity index (χ1) is 13.5. The summed E-state index contributed by atoms with van der Waals surface area (Å²) < 4.78 is 5.79. The Balaban J connectivity index is 1.61. The number of hydrogen-bond acceptors (Lipinski definition) is 4. The van der Waals surface area contributed by atoms with Crippen molar-refractivity contribution in [2.24, 2.45) is 5.10 Å². The topological polar surface area (TPSA) is 70.9 Å². The van der Waals surface area contributed by atoms with Gasteiger partial charge in [-0.3, -0.25) is 5.43 Å². The lowest BCUT2D eigenvalue weighted by molar-refractivity contribution is 0.0697. The lowest BCUT2D eigenvalue weighted by Gasteiger charge is -2.08. The van der Waals surface area contributed by atoms with E-state index in [1.165, 1.54) is 12.1 Å². The highest BCUT2D eigenvalue weighted by Crippen LogP contribution is 2.23. The Morgan fingerprint density at radius 3 is 2.64 bits per heavy atom. The highest BCUT2D eigenvalue weighted by molar-refractivity contribution is 6.42. The molecule has 0 spiro atoms. The van der Waals surface area contributed by atoms with Gasteiger partial charge in [0.25, 0.3) is 0 Å². The molecule has 0 atom stereocenters. The number of nitrogens with zero attached hydrogens (tertiary/aromatic N) is 1. The number of hydrogen-bond donors (Lipinski definition) is 2. The summed E-state index contributed by atoms with van der Waals surface area (Å²) in [5.74, 6) is -0.303. The van der Waals surface area contributed by atoms with Crippen molar-refractivity contribution in [1.82, 2.24) is 0 Å². The molecule has 0 unspecified atom stereocenters. The number of anilines is 1. The lowest BCUT2D eigenvalue weighted by Crippen LogP contribution is -1.98. The zero-order valence-electron chi connectivity index (χ0n) is 14.6. The second-order valence-corrected chi connectivity index (χ2v) is 6.68. The van der Waals surface area contributed by atoms with Gasteiger partial charge in [0.15, 0.2) is 0 Å². The van der Waals surface area contributed by atoms with Crippen LogP contribution in [0.5, 0.6) is 5.75 Å². The predicted octanol–water partition coefficient (Wildman–Crippen LogP) is 5.72. The van der Waals surface area contributed by atoms with E-state index in [1.807, 2.05) is 30.3 Å². The number of rotatable bonds is 7. The van der Waals surface area contributed by atoms with E-state index in [2.05, 4.69) is 10.5 Å². The van der Waals surface area contributed by atoms with Gasteiger partial charge in [-0.1, -0.05) is 47.5 Å². The molecule has 3 aromatic carbocycles. The third kappa shape index (κ3) is 5.49. The minimum Gasteiger partial charge on any atom is -0.489 e. The summed E-state index contributed by atoms with van der Waals surface area (Å²) >= 11 is 11.9. The Hall–Kier alpha value is -3.02. The van der Waals surface area contributed by atoms with Crippen LogP contribution in [-0.2, 0) is 6.61 Å². The number of ether oxygens (including phenoxy) is 1. The molecule has 142 valence electrons. The van der Waals surface area contributed by atoms with Crippen molar-refractivity contribution in [3.8, 4) is 5.75 Å². The molecule has 7 heteroatoms. The van der Waals surface area contributed by atoms with Crippen LogP contribution in [0, 0.1) is 0 Å². The summed E-state index contributed by atoms with van der Waals surface area (Å²) in [5.41, 5.74) is 5.33. The number of halogens is 2. The summed E-state index contributed by atoms with van der Waals surface area (Å²) in [5, 5.41) is 14.1. The third-order valence-electron chi connectivity index (χ3n) is 3.76. The molecule has 0 amide bonds. The minimum atomic E-state index is -0.987. The fourth-order valence-electron chi connectivity index (χ4n) is 2.38. The van der Waals surface area contributed by atoms with Gasteiger partial charge in [-0.15, -0.1) is 0 Å². The molecular weight excluding hydrogens is 399 g/mol. The summed E-state index contributed by atoms with van der Waals surface area (Å²) in [6.07, 6.45) is 1.62. The number of aromatic carboxylic acids is 1. The maximum atomic E-state index is 11.0. The first kappa shape index (κ1) is 19.7. The number of nitrogens with one attached hydrogen (secondary N) is 1. The molecule has 3 rings (SSSR count). The summed E-state index contributed by atoms with van der Waals surface area (Å²) in [6, 6.07) is 19.2. The van der Waals surface area contributed by atoms with E-state index >= 15 is 0 Å². The maximum Gasteiger partial charge on any atom is 0.335 e. The average molecular weight is 415 g/mol. The highest BCUT2D eigenvalue weighted by atomic mass is 35.5. The van der Waals surface area contributed by atoms with Crippen LogP contribution >= 0.6 is 23.2 Å². The first-order valence-electron chi connectivity index (χ1n) is 8.30. The largest absolute Gasteiger partial charge is 0.489 e. The molecule has 0 aromatic heterocycles. The molecule has 0 radical (unpaired) electrons. The summed E-state index contributed by atoms with van der Waals surface area (Å²) in [7, 11) is 0. The zero-order valence-corrected chi connectivity index (χ0v) is 16.1. The van der Waals surface area contributed by atoms with Crippen molar-refractivity contribution in [1.29, 1.82) is 0 Å². The minimum absolute atomic E-state index is 0.193. The van der Waals surface area contributed by atoms with Crippen LogP contribution in [-0.4, -0.2) is 17.3 Å². The van der Waals surface area contributed by atoms with Gasteiger partial charge in [-0.05, 0) is 53.6 Å². The van der Waals surface area contributed by atoms with Gasteiger partial charge >= 0.3 is 5.97 Å². The van der Waals surface area contributed by atoms with Gasteiger partial charge in [0.1, 0.15) is 12.4 Å². The maximum absolute atomic E-state index is 11.0. The smallest absolute Gasteiger partial charge is 0.335 e. The van der Waals surface area contributed by atoms with Gasteiger partial charge in [0.05, 0.1) is 27.5 Å². The van der Waals surface area contributed by atoms with Crippen LogP contribution in [0.2, 0.25) is 10.0 Å². The highest BCUT2D eigenvalue weighted by Gasteiger charge is 2.03. The van der Waals surface area contributed by atoms with Crippen LogP contribution < -0.4 is 10.2 Å². The van der Waals surface area contributed by atoms with Crippen molar-refractivity contribution in [3.05, 3.63) is 93.5 Å². The summed E-state index contributed by atoms with van der Waals surface area (Å²) in [4.78, 5) is 11.0. The molecule has 28 heavy (non-hydrogen) atoms. The number of carboxylic acids is 1. The SMILES string of the molecule is O=C(O)c1cccc(NN=Cc2cccc(OCc3ccc(Cl)c(Cl)c3)c2)c1. The van der Waals surface area contributed by atoms with Crippen LogP contribution in [0.4, 0.5) is 5.69 Å². The standard InChI is InChI=1S/C21H16Cl2N2O3/c22-19-8-7-15(10-20(19)23)13-28-18-6-1-3-14(9-18)12-24-25-17-5-2-4-16(11-17)21(26)27/h1-12,25H,13H2,(H,26,27). The third-order valence-corrected chi connectivity index (χ3v) is 4.50. The Bertz CT molecular complexity index is 1020. The van der Waals surface area contributed by atoms with Crippen molar-refractivity contribution >= 4 is 41.1 Å². The van der Waals surface area contributed by atoms with Crippen molar-refractivity contribution in [2.75, 3.05) is 5.43 Å². The van der Waals surface area contributed by atoms with E-state index in [4.69, 9.17) is 33.0 Å². The molecule has 5 nitrogen and oxygen atoms in total. The van der Waals surface area contributed by atoms with Crippen LogP contribution in [0.25, 0.3) is 0 Å². The van der Waals surface area contributed by atoms with E-state index in [1.54, 1.807) is 30.5 Å². The van der Waals surface area contributed by atoms with Crippen LogP contribution in [0.1, 0.15) is 21.5 Å². The van der Waals surface area contributed by atoms with Crippen molar-refractivity contribution in [3.63, 3.8) is 0 Å². The Kier molecular flexibility index (Phi) is 6.53. The first-order valence-corrected chi connectivity index (χ1v) is 9.06. The predicted molar refractivity (Wildman–Crippen MR) is 112 cm³/mol. The molecule has 0 aliphatic carbocycles. The second kappa shape index (κ2) is 9.26. The van der Waals surface area contributed by atoms with E-state index in [9.17, 15) is 4.79 Å².